The molecule has 5 nitrogen and oxygen atoms in total. The average Bonchev–Trinajstić information content (AvgIpc) is 2.36. The number of carbonyl (C=O) groups excluding carboxylic acids is 1. The first-order valence-electron chi connectivity index (χ1n) is 5.42. The van der Waals surface area contributed by atoms with Gasteiger partial charge in [0.05, 0.1) is 0 Å². The highest BCUT2D eigenvalue weighted by Crippen LogP contribution is 2.26. The van der Waals surface area contributed by atoms with Gasteiger partial charge in [-0.25, -0.2) is 0 Å². The highest BCUT2D eigenvalue weighted by molar-refractivity contribution is 8.00. The summed E-state index contributed by atoms with van der Waals surface area (Å²) in [6.45, 7) is 0. The van der Waals surface area contributed by atoms with Crippen LogP contribution in [0, 0.1) is 0 Å². The zero-order valence-corrected chi connectivity index (χ0v) is 12.7. The quantitative estimate of drug-likeness (QED) is 0.817. The normalized spacial score (nSPS) is 14.6. The third-order valence-corrected chi connectivity index (χ3v) is 5.43. The van der Waals surface area contributed by atoms with Crippen LogP contribution < -0.4 is 5.32 Å². The van der Waals surface area contributed by atoms with E-state index in [-0.39, 0.29) is 10.6 Å². The molecular formula is C10H8F6N2O3S2. The standard InChI is InChI=1S/C10H8F6N2O3S2/c1-22(18-23(20,21)10(14,15)16)7-4-2-6(3-5-7)17-8(19)9(11,12)13/h2-5H,1H3,(H,17,19). The van der Waals surface area contributed by atoms with E-state index in [2.05, 4.69) is 3.77 Å². The van der Waals surface area contributed by atoms with Crippen LogP contribution >= 0.6 is 0 Å². The number of sulfonamides is 1. The molecule has 1 atom stereocenters. The summed E-state index contributed by atoms with van der Waals surface area (Å²) in [5.41, 5.74) is -5.79. The van der Waals surface area contributed by atoms with Gasteiger partial charge in [0.15, 0.2) is 0 Å². The Morgan fingerprint density at radius 1 is 1.09 bits per heavy atom. The summed E-state index contributed by atoms with van der Waals surface area (Å²) < 4.78 is 97.2. The fourth-order valence-electron chi connectivity index (χ4n) is 1.17. The monoisotopic (exact) mass is 382 g/mol. The van der Waals surface area contributed by atoms with Gasteiger partial charge < -0.3 is 5.32 Å². The number of rotatable bonds is 3. The average molecular weight is 382 g/mol. The second-order valence-corrected chi connectivity index (χ2v) is 7.39. The van der Waals surface area contributed by atoms with Crippen molar-refractivity contribution >= 4 is 32.3 Å². The minimum absolute atomic E-state index is 0.0304. The lowest BCUT2D eigenvalue weighted by atomic mass is 10.3. The SMILES string of the molecule is C/S(=N\S(=O)(=O)C(F)(F)F)c1ccc(NC(=O)C(F)(F)F)cc1. The molecule has 0 aliphatic heterocycles. The zero-order valence-electron chi connectivity index (χ0n) is 11.1. The van der Waals surface area contributed by atoms with Crippen LogP contribution in [0.2, 0.25) is 0 Å². The molecule has 1 unspecified atom stereocenters. The number of nitrogens with zero attached hydrogens (tertiary/aromatic N) is 1. The van der Waals surface area contributed by atoms with Gasteiger partial charge in [0, 0.05) is 10.6 Å². The van der Waals surface area contributed by atoms with Crippen LogP contribution in [0.25, 0.3) is 0 Å². The molecule has 0 saturated heterocycles. The molecule has 1 aromatic rings. The van der Waals surface area contributed by atoms with Gasteiger partial charge in [-0.2, -0.15) is 34.8 Å². The Morgan fingerprint density at radius 2 is 1.57 bits per heavy atom. The molecule has 13 heteroatoms. The lowest BCUT2D eigenvalue weighted by Gasteiger charge is -2.09. The second-order valence-electron chi connectivity index (χ2n) is 3.95. The lowest BCUT2D eigenvalue weighted by Crippen LogP contribution is -2.29. The summed E-state index contributed by atoms with van der Waals surface area (Å²) in [4.78, 5) is 10.7. The highest BCUT2D eigenvalue weighted by atomic mass is 32.3. The van der Waals surface area contributed by atoms with E-state index in [1.165, 1.54) is 5.32 Å². The van der Waals surface area contributed by atoms with E-state index in [9.17, 15) is 39.6 Å². The topological polar surface area (TPSA) is 75.6 Å². The van der Waals surface area contributed by atoms with Gasteiger partial charge in [-0.15, -0.1) is 3.77 Å². The van der Waals surface area contributed by atoms with E-state index < -0.39 is 38.3 Å². The third kappa shape index (κ3) is 5.20. The third-order valence-electron chi connectivity index (χ3n) is 2.21. The van der Waals surface area contributed by atoms with E-state index in [0.29, 0.717) is 0 Å². The predicted molar refractivity (Wildman–Crippen MR) is 70.1 cm³/mol. The Kier molecular flexibility index (Phi) is 5.46. The summed E-state index contributed by atoms with van der Waals surface area (Å²) in [5, 5.41) is 1.53. The van der Waals surface area contributed by atoms with Crippen LogP contribution in [0.4, 0.5) is 32.0 Å². The number of halogens is 6. The van der Waals surface area contributed by atoms with Crippen molar-refractivity contribution in [2.45, 2.75) is 16.6 Å². The molecule has 1 amide bonds. The molecule has 0 aliphatic rings. The lowest BCUT2D eigenvalue weighted by molar-refractivity contribution is -0.167. The maximum Gasteiger partial charge on any atom is 0.519 e. The van der Waals surface area contributed by atoms with E-state index in [0.717, 1.165) is 30.5 Å². The maximum atomic E-state index is 12.2. The maximum absolute atomic E-state index is 12.2. The molecule has 0 bridgehead atoms. The molecule has 1 N–H and O–H groups in total. The Bertz CT molecular complexity index is 722. The van der Waals surface area contributed by atoms with Crippen molar-refractivity contribution in [2.24, 2.45) is 3.77 Å². The van der Waals surface area contributed by atoms with Gasteiger partial charge in [-0.3, -0.25) is 4.79 Å². The number of nitrogens with one attached hydrogen (secondary N) is 1. The van der Waals surface area contributed by atoms with Gasteiger partial charge in [-0.1, -0.05) is 10.7 Å². The van der Waals surface area contributed by atoms with Crippen molar-refractivity contribution in [2.75, 3.05) is 11.6 Å². The summed E-state index contributed by atoms with van der Waals surface area (Å²) >= 11 is 0. The van der Waals surface area contributed by atoms with Crippen LogP contribution in [0.5, 0.6) is 0 Å². The summed E-state index contributed by atoms with van der Waals surface area (Å²) in [6.07, 6.45) is -4.00. The number of anilines is 1. The fraction of sp³-hybridized carbons (Fsp3) is 0.300. The molecule has 0 radical (unpaired) electrons. The van der Waals surface area contributed by atoms with Gasteiger partial charge in [-0.05, 0) is 30.5 Å². The molecule has 0 spiro atoms. The van der Waals surface area contributed by atoms with Crippen LogP contribution in [-0.4, -0.2) is 32.3 Å². The van der Waals surface area contributed by atoms with Crippen molar-refractivity contribution in [3.63, 3.8) is 0 Å². The number of hydrogen-bond donors (Lipinski definition) is 1. The van der Waals surface area contributed by atoms with Crippen molar-refractivity contribution in [3.05, 3.63) is 24.3 Å². The molecule has 0 aromatic heterocycles. The number of carbonyl (C=O) groups is 1. The largest absolute Gasteiger partial charge is 0.519 e. The smallest absolute Gasteiger partial charge is 0.318 e. The molecular weight excluding hydrogens is 374 g/mol. The van der Waals surface area contributed by atoms with Gasteiger partial charge in [0.25, 0.3) is 0 Å². The van der Waals surface area contributed by atoms with Crippen molar-refractivity contribution in [1.29, 1.82) is 0 Å². The number of amides is 1. The van der Waals surface area contributed by atoms with Crippen molar-refractivity contribution in [3.8, 4) is 0 Å². The van der Waals surface area contributed by atoms with E-state index in [1.54, 1.807) is 0 Å². The predicted octanol–water partition coefficient (Wildman–Crippen LogP) is 2.83. The Hall–Kier alpha value is -1.63. The van der Waals surface area contributed by atoms with Crippen molar-refractivity contribution < 1.29 is 39.6 Å². The Morgan fingerprint density at radius 3 is 1.96 bits per heavy atom. The molecule has 0 saturated carbocycles. The number of benzene rings is 1. The fourth-order valence-corrected chi connectivity index (χ4v) is 3.56. The summed E-state index contributed by atoms with van der Waals surface area (Å²) in [6, 6.07) is 4.09. The van der Waals surface area contributed by atoms with Gasteiger partial charge in [0.1, 0.15) is 0 Å². The van der Waals surface area contributed by atoms with Crippen LogP contribution in [0.3, 0.4) is 0 Å². The van der Waals surface area contributed by atoms with Crippen molar-refractivity contribution in [1.82, 2.24) is 0 Å². The zero-order chi connectivity index (χ0) is 18.1. The first kappa shape index (κ1) is 19.4. The molecule has 0 fully saturated rings. The molecule has 23 heavy (non-hydrogen) atoms. The summed E-state index contributed by atoms with van der Waals surface area (Å²) in [7, 11) is -7.38. The highest BCUT2D eigenvalue weighted by Gasteiger charge is 2.46. The van der Waals surface area contributed by atoms with Gasteiger partial charge >= 0.3 is 27.6 Å². The van der Waals surface area contributed by atoms with Crippen LogP contribution in [-0.2, 0) is 25.5 Å². The van der Waals surface area contributed by atoms with Gasteiger partial charge in [0.2, 0.25) is 0 Å². The first-order chi connectivity index (χ1) is 10.2. The number of alkyl halides is 6. The van der Waals surface area contributed by atoms with Crippen LogP contribution in [0.15, 0.2) is 32.9 Å². The minimum atomic E-state index is -5.67. The molecule has 1 rings (SSSR count). The Balaban J connectivity index is 2.99. The van der Waals surface area contributed by atoms with E-state index in [4.69, 9.17) is 0 Å². The molecule has 1 aromatic carbocycles. The minimum Gasteiger partial charge on any atom is -0.318 e. The van der Waals surface area contributed by atoms with E-state index >= 15 is 0 Å². The Labute approximate surface area is 128 Å². The molecule has 130 valence electrons. The molecule has 0 aliphatic carbocycles. The summed E-state index contributed by atoms with van der Waals surface area (Å²) in [5.74, 6) is -2.22. The second kappa shape index (κ2) is 6.47. The molecule has 0 heterocycles. The number of hydrogen-bond acceptors (Lipinski definition) is 3. The van der Waals surface area contributed by atoms with Crippen LogP contribution in [0.1, 0.15) is 0 Å². The first-order valence-corrected chi connectivity index (χ1v) is 8.45. The van der Waals surface area contributed by atoms with E-state index in [1.807, 2.05) is 0 Å².